The SMILES string of the molecule is CC(N)CCSCC1(CC#N)CC1. The van der Waals surface area contributed by atoms with Crippen LogP contribution in [-0.4, -0.2) is 17.5 Å². The molecule has 1 fully saturated rings. The first-order valence-electron chi connectivity index (χ1n) is 4.89. The van der Waals surface area contributed by atoms with Gasteiger partial charge in [-0.25, -0.2) is 0 Å². The Hall–Kier alpha value is -0.200. The number of nitrogens with two attached hydrogens (primary N) is 1. The molecule has 2 N–H and O–H groups in total. The molecule has 0 bridgehead atoms. The maximum absolute atomic E-state index is 8.61. The predicted molar refractivity (Wildman–Crippen MR) is 57.5 cm³/mol. The molecule has 0 aromatic carbocycles. The Bertz CT molecular complexity index is 192. The van der Waals surface area contributed by atoms with Crippen LogP contribution in [0.2, 0.25) is 0 Å². The summed E-state index contributed by atoms with van der Waals surface area (Å²) in [7, 11) is 0. The van der Waals surface area contributed by atoms with Crippen LogP contribution < -0.4 is 5.73 Å². The van der Waals surface area contributed by atoms with Gasteiger partial charge in [0.15, 0.2) is 0 Å². The predicted octanol–water partition coefficient (Wildman–Crippen LogP) is 2.15. The third kappa shape index (κ3) is 4.02. The molecule has 1 saturated carbocycles. The van der Waals surface area contributed by atoms with Crippen LogP contribution in [0.5, 0.6) is 0 Å². The molecule has 74 valence electrons. The third-order valence-electron chi connectivity index (χ3n) is 2.54. The summed E-state index contributed by atoms with van der Waals surface area (Å²) < 4.78 is 0. The fourth-order valence-electron chi connectivity index (χ4n) is 1.27. The van der Waals surface area contributed by atoms with Gasteiger partial charge in [0.2, 0.25) is 0 Å². The lowest BCUT2D eigenvalue weighted by Crippen LogP contribution is -2.15. The van der Waals surface area contributed by atoms with Gasteiger partial charge in [0.25, 0.3) is 0 Å². The molecule has 3 heteroatoms. The van der Waals surface area contributed by atoms with Crippen LogP contribution in [0.1, 0.15) is 32.6 Å². The maximum Gasteiger partial charge on any atom is 0.0627 e. The molecule has 1 unspecified atom stereocenters. The van der Waals surface area contributed by atoms with E-state index >= 15 is 0 Å². The topological polar surface area (TPSA) is 49.8 Å². The van der Waals surface area contributed by atoms with Gasteiger partial charge >= 0.3 is 0 Å². The summed E-state index contributed by atoms with van der Waals surface area (Å²) in [6.45, 7) is 2.04. The average molecular weight is 198 g/mol. The van der Waals surface area contributed by atoms with Crippen LogP contribution in [0.3, 0.4) is 0 Å². The van der Waals surface area contributed by atoms with E-state index in [-0.39, 0.29) is 0 Å². The zero-order chi connectivity index (χ0) is 9.73. The maximum atomic E-state index is 8.61. The molecular formula is C10H18N2S. The number of nitrogens with zero attached hydrogens (tertiary/aromatic N) is 1. The van der Waals surface area contributed by atoms with Gasteiger partial charge in [-0.2, -0.15) is 17.0 Å². The Morgan fingerprint density at radius 2 is 2.31 bits per heavy atom. The molecule has 0 aromatic heterocycles. The van der Waals surface area contributed by atoms with E-state index in [2.05, 4.69) is 6.07 Å². The van der Waals surface area contributed by atoms with Crippen molar-refractivity contribution >= 4 is 11.8 Å². The van der Waals surface area contributed by atoms with Crippen molar-refractivity contribution in [3.8, 4) is 6.07 Å². The van der Waals surface area contributed by atoms with Crippen LogP contribution >= 0.6 is 11.8 Å². The van der Waals surface area contributed by atoms with E-state index in [1.54, 1.807) is 0 Å². The Labute approximate surface area is 84.9 Å². The number of thioether (sulfide) groups is 1. The van der Waals surface area contributed by atoms with Gasteiger partial charge < -0.3 is 5.73 Å². The Morgan fingerprint density at radius 1 is 1.62 bits per heavy atom. The summed E-state index contributed by atoms with van der Waals surface area (Å²) in [5.74, 6) is 2.30. The molecule has 1 aliphatic rings. The zero-order valence-corrected chi connectivity index (χ0v) is 9.07. The van der Waals surface area contributed by atoms with Gasteiger partial charge in [-0.1, -0.05) is 0 Å². The highest BCUT2D eigenvalue weighted by atomic mass is 32.2. The van der Waals surface area contributed by atoms with E-state index in [4.69, 9.17) is 11.0 Å². The van der Waals surface area contributed by atoms with Gasteiger partial charge in [0.1, 0.15) is 0 Å². The lowest BCUT2D eigenvalue weighted by molar-refractivity contribution is 0.603. The summed E-state index contributed by atoms with van der Waals surface area (Å²) in [6.07, 6.45) is 4.35. The second-order valence-corrected chi connectivity index (χ2v) is 5.26. The lowest BCUT2D eigenvalue weighted by atomic mass is 10.1. The van der Waals surface area contributed by atoms with Crippen molar-refractivity contribution in [3.05, 3.63) is 0 Å². The van der Waals surface area contributed by atoms with E-state index in [0.29, 0.717) is 11.5 Å². The fourth-order valence-corrected chi connectivity index (χ4v) is 2.78. The lowest BCUT2D eigenvalue weighted by Gasteiger charge is -2.10. The first-order valence-corrected chi connectivity index (χ1v) is 6.04. The zero-order valence-electron chi connectivity index (χ0n) is 8.25. The van der Waals surface area contributed by atoms with Crippen molar-refractivity contribution in [1.29, 1.82) is 5.26 Å². The molecule has 13 heavy (non-hydrogen) atoms. The first-order chi connectivity index (χ1) is 6.18. The van der Waals surface area contributed by atoms with Crippen molar-refractivity contribution in [2.45, 2.75) is 38.6 Å². The van der Waals surface area contributed by atoms with Crippen LogP contribution in [0.25, 0.3) is 0 Å². The normalized spacial score (nSPS) is 20.7. The minimum Gasteiger partial charge on any atom is -0.328 e. The average Bonchev–Trinajstić information content (AvgIpc) is 2.80. The Morgan fingerprint density at radius 3 is 2.77 bits per heavy atom. The van der Waals surface area contributed by atoms with E-state index in [1.165, 1.54) is 12.8 Å². The van der Waals surface area contributed by atoms with Crippen molar-refractivity contribution in [2.24, 2.45) is 11.1 Å². The minimum absolute atomic E-state index is 0.318. The van der Waals surface area contributed by atoms with Gasteiger partial charge in [0.05, 0.1) is 6.07 Å². The fraction of sp³-hybridized carbons (Fsp3) is 0.900. The van der Waals surface area contributed by atoms with Crippen molar-refractivity contribution in [3.63, 3.8) is 0 Å². The molecule has 1 rings (SSSR count). The van der Waals surface area contributed by atoms with E-state index in [9.17, 15) is 0 Å². The summed E-state index contributed by atoms with van der Waals surface area (Å²) in [5, 5.41) is 8.61. The van der Waals surface area contributed by atoms with Crippen LogP contribution in [-0.2, 0) is 0 Å². The van der Waals surface area contributed by atoms with Crippen molar-refractivity contribution < 1.29 is 0 Å². The molecule has 0 saturated heterocycles. The minimum atomic E-state index is 0.318. The van der Waals surface area contributed by atoms with E-state index in [0.717, 1.165) is 24.3 Å². The molecule has 1 atom stereocenters. The highest BCUT2D eigenvalue weighted by Gasteiger charge is 2.41. The number of hydrogen-bond donors (Lipinski definition) is 1. The summed E-state index contributed by atoms with van der Waals surface area (Å²) in [5.41, 5.74) is 6.05. The summed E-state index contributed by atoms with van der Waals surface area (Å²) in [6, 6.07) is 2.60. The van der Waals surface area contributed by atoms with E-state index in [1.807, 2.05) is 18.7 Å². The van der Waals surface area contributed by atoms with Gasteiger partial charge in [-0.3, -0.25) is 0 Å². The first kappa shape index (κ1) is 10.9. The smallest absolute Gasteiger partial charge is 0.0627 e. The summed E-state index contributed by atoms with van der Waals surface area (Å²) >= 11 is 1.96. The highest BCUT2D eigenvalue weighted by molar-refractivity contribution is 7.99. The van der Waals surface area contributed by atoms with Gasteiger partial charge in [0, 0.05) is 12.5 Å². The monoisotopic (exact) mass is 198 g/mol. The second kappa shape index (κ2) is 4.88. The number of nitriles is 1. The van der Waals surface area contributed by atoms with Crippen LogP contribution in [0.4, 0.5) is 0 Å². The van der Waals surface area contributed by atoms with Crippen LogP contribution in [0, 0.1) is 16.7 Å². The largest absolute Gasteiger partial charge is 0.328 e. The molecule has 0 aromatic rings. The molecule has 0 spiro atoms. The quantitative estimate of drug-likeness (QED) is 0.665. The molecule has 0 heterocycles. The number of rotatable bonds is 6. The highest BCUT2D eigenvalue weighted by Crippen LogP contribution is 2.50. The standard InChI is InChI=1S/C10H18N2S/c1-9(12)2-7-13-8-10(3-4-10)5-6-11/h9H,2-5,7-8,12H2,1H3. The Kier molecular flexibility index (Phi) is 4.08. The molecule has 1 aliphatic carbocycles. The Balaban J connectivity index is 2.03. The number of hydrogen-bond acceptors (Lipinski definition) is 3. The second-order valence-electron chi connectivity index (χ2n) is 4.15. The van der Waals surface area contributed by atoms with Gasteiger partial charge in [-0.05, 0) is 43.1 Å². The molecular weight excluding hydrogens is 180 g/mol. The van der Waals surface area contributed by atoms with E-state index < -0.39 is 0 Å². The molecule has 0 radical (unpaired) electrons. The molecule has 2 nitrogen and oxygen atoms in total. The third-order valence-corrected chi connectivity index (χ3v) is 3.88. The summed E-state index contributed by atoms with van der Waals surface area (Å²) in [4.78, 5) is 0. The van der Waals surface area contributed by atoms with Crippen molar-refractivity contribution in [1.82, 2.24) is 0 Å². The van der Waals surface area contributed by atoms with Gasteiger partial charge in [-0.15, -0.1) is 0 Å². The van der Waals surface area contributed by atoms with Crippen molar-refractivity contribution in [2.75, 3.05) is 11.5 Å². The van der Waals surface area contributed by atoms with Crippen LogP contribution in [0.15, 0.2) is 0 Å². The molecule has 0 aliphatic heterocycles. The molecule has 0 amide bonds.